The molecule has 2 aliphatic rings. The number of hydrogen-bond donors (Lipinski definition) is 1. The summed E-state index contributed by atoms with van der Waals surface area (Å²) >= 11 is 1.44. The van der Waals surface area contributed by atoms with Crippen molar-refractivity contribution in [2.24, 2.45) is 11.3 Å². The highest BCUT2D eigenvalue weighted by molar-refractivity contribution is 7.17. The van der Waals surface area contributed by atoms with Gasteiger partial charge >= 0.3 is 11.9 Å². The zero-order valence-corrected chi connectivity index (χ0v) is 27.0. The highest BCUT2D eigenvalue weighted by Gasteiger charge is 2.35. The molecule has 2 unspecified atom stereocenters. The van der Waals surface area contributed by atoms with Gasteiger partial charge in [-0.25, -0.2) is 9.59 Å². The fourth-order valence-corrected chi connectivity index (χ4v) is 7.62. The van der Waals surface area contributed by atoms with Gasteiger partial charge in [0, 0.05) is 41.0 Å². The number of amides is 1. The zero-order chi connectivity index (χ0) is 30.9. The van der Waals surface area contributed by atoms with Gasteiger partial charge in [-0.3, -0.25) is 14.7 Å². The molecule has 5 rings (SSSR count). The Bertz CT molecular complexity index is 1540. The first-order chi connectivity index (χ1) is 20.5. The SMILES string of the molecule is CCCN1CCc2nc3ccccc3c(C(=O)OC(C)C(=O)Nc3sc4c(c3C(=O)OCC)CCC(C(C)(C)C)C4)c2C1. The van der Waals surface area contributed by atoms with Gasteiger partial charge in [0.15, 0.2) is 6.10 Å². The summed E-state index contributed by atoms with van der Waals surface area (Å²) in [5, 5.41) is 4.11. The number of carbonyl (C=O) groups excluding carboxylic acids is 3. The normalized spacial score (nSPS) is 17.6. The van der Waals surface area contributed by atoms with Crippen LogP contribution in [-0.4, -0.2) is 53.5 Å². The van der Waals surface area contributed by atoms with Crippen molar-refractivity contribution in [3.8, 4) is 0 Å². The molecule has 2 atom stereocenters. The molecule has 9 heteroatoms. The zero-order valence-electron chi connectivity index (χ0n) is 26.2. The number of rotatable bonds is 8. The van der Waals surface area contributed by atoms with Crippen molar-refractivity contribution in [3.05, 3.63) is 57.1 Å². The fourth-order valence-electron chi connectivity index (χ4n) is 6.31. The number of fused-ring (bicyclic) bond motifs is 3. The molecule has 8 nitrogen and oxygen atoms in total. The summed E-state index contributed by atoms with van der Waals surface area (Å²) in [5.41, 5.74) is 4.55. The first kappa shape index (κ1) is 31.1. The smallest absolute Gasteiger partial charge is 0.341 e. The first-order valence-corrected chi connectivity index (χ1v) is 16.3. The number of nitrogens with one attached hydrogen (secondary N) is 1. The molecule has 1 aliphatic heterocycles. The lowest BCUT2D eigenvalue weighted by atomic mass is 9.72. The van der Waals surface area contributed by atoms with Crippen LogP contribution in [0.3, 0.4) is 0 Å². The van der Waals surface area contributed by atoms with Gasteiger partial charge < -0.3 is 14.8 Å². The Hall–Kier alpha value is -3.30. The van der Waals surface area contributed by atoms with E-state index in [-0.39, 0.29) is 12.0 Å². The highest BCUT2D eigenvalue weighted by Crippen LogP contribution is 2.44. The lowest BCUT2D eigenvalue weighted by Gasteiger charge is -2.33. The number of benzene rings is 1. The summed E-state index contributed by atoms with van der Waals surface area (Å²) in [5.74, 6) is -0.975. The first-order valence-electron chi connectivity index (χ1n) is 15.5. The molecule has 230 valence electrons. The van der Waals surface area contributed by atoms with Gasteiger partial charge in [-0.05, 0) is 69.0 Å². The number of pyridine rings is 1. The molecule has 0 saturated heterocycles. The fraction of sp³-hybridized carbons (Fsp3) is 0.529. The number of anilines is 1. The number of carbonyl (C=O) groups is 3. The number of esters is 2. The third-order valence-electron chi connectivity index (χ3n) is 8.73. The summed E-state index contributed by atoms with van der Waals surface area (Å²) in [6.07, 6.45) is 3.28. The Kier molecular flexibility index (Phi) is 9.23. The number of hydrogen-bond acceptors (Lipinski definition) is 8. The van der Waals surface area contributed by atoms with E-state index in [4.69, 9.17) is 14.5 Å². The largest absolute Gasteiger partial charge is 0.462 e. The minimum atomic E-state index is -1.08. The number of ether oxygens (including phenoxy) is 2. The van der Waals surface area contributed by atoms with Crippen molar-refractivity contribution < 1.29 is 23.9 Å². The van der Waals surface area contributed by atoms with Crippen molar-refractivity contribution >= 4 is 45.1 Å². The van der Waals surface area contributed by atoms with Crippen LogP contribution in [0.5, 0.6) is 0 Å². The van der Waals surface area contributed by atoms with Gasteiger partial charge in [0.05, 0.1) is 23.3 Å². The molecule has 3 aromatic rings. The topological polar surface area (TPSA) is 97.8 Å². The molecule has 43 heavy (non-hydrogen) atoms. The van der Waals surface area contributed by atoms with Gasteiger partial charge in [0.2, 0.25) is 0 Å². The van der Waals surface area contributed by atoms with Crippen molar-refractivity contribution in [2.75, 3.05) is 25.0 Å². The number of nitrogens with zero attached hydrogens (tertiary/aromatic N) is 2. The molecule has 0 bridgehead atoms. The van der Waals surface area contributed by atoms with Crippen LogP contribution in [0.15, 0.2) is 24.3 Å². The van der Waals surface area contributed by atoms with Crippen LogP contribution >= 0.6 is 11.3 Å². The second-order valence-corrected chi connectivity index (χ2v) is 13.8. The van der Waals surface area contributed by atoms with E-state index in [0.717, 1.165) is 77.8 Å². The Morgan fingerprint density at radius 2 is 1.86 bits per heavy atom. The van der Waals surface area contributed by atoms with Crippen LogP contribution in [0.2, 0.25) is 0 Å². The highest BCUT2D eigenvalue weighted by atomic mass is 32.1. The molecule has 0 saturated carbocycles. The molecule has 2 aromatic heterocycles. The standard InChI is InChI=1S/C34H43N3O5S/c1-7-16-37-17-15-26-24(19-37)28(22-11-9-10-12-25(22)35-26)33(40)42-20(3)30(38)36-31-29(32(39)41-8-2)23-14-13-21(34(4,5)6)18-27(23)43-31/h9-12,20-21H,7-8,13-19H2,1-6H3,(H,36,38). The van der Waals surface area contributed by atoms with E-state index >= 15 is 0 Å². The van der Waals surface area contributed by atoms with E-state index < -0.39 is 23.9 Å². The minimum Gasteiger partial charge on any atom is -0.462 e. The van der Waals surface area contributed by atoms with Crippen LogP contribution in [0.4, 0.5) is 5.00 Å². The van der Waals surface area contributed by atoms with Crippen LogP contribution in [0, 0.1) is 11.3 Å². The summed E-state index contributed by atoms with van der Waals surface area (Å²) in [6.45, 7) is 14.9. The van der Waals surface area contributed by atoms with Gasteiger partial charge in [-0.1, -0.05) is 45.9 Å². The third-order valence-corrected chi connectivity index (χ3v) is 9.90. The molecule has 1 aliphatic carbocycles. The lowest BCUT2D eigenvalue weighted by Crippen LogP contribution is -2.34. The molecule has 0 spiro atoms. The van der Waals surface area contributed by atoms with Gasteiger partial charge in [0.1, 0.15) is 5.00 Å². The summed E-state index contributed by atoms with van der Waals surface area (Å²) in [4.78, 5) is 48.6. The van der Waals surface area contributed by atoms with Crippen LogP contribution in [-0.2, 0) is 40.1 Å². The number of aromatic nitrogens is 1. The summed E-state index contributed by atoms with van der Waals surface area (Å²) in [7, 11) is 0. The average Bonchev–Trinajstić information content (AvgIpc) is 3.32. The van der Waals surface area contributed by atoms with E-state index in [0.29, 0.717) is 28.6 Å². The predicted molar refractivity (Wildman–Crippen MR) is 170 cm³/mol. The second kappa shape index (κ2) is 12.7. The van der Waals surface area contributed by atoms with Crippen LogP contribution in [0.25, 0.3) is 10.9 Å². The van der Waals surface area contributed by atoms with Crippen molar-refractivity contribution in [3.63, 3.8) is 0 Å². The molecular weight excluding hydrogens is 562 g/mol. The molecule has 0 fully saturated rings. The van der Waals surface area contributed by atoms with Crippen molar-refractivity contribution in [1.29, 1.82) is 0 Å². The number of para-hydroxylation sites is 1. The Morgan fingerprint density at radius 3 is 2.58 bits per heavy atom. The van der Waals surface area contributed by atoms with E-state index in [2.05, 4.69) is 37.9 Å². The van der Waals surface area contributed by atoms with Gasteiger partial charge in [-0.2, -0.15) is 0 Å². The Balaban J connectivity index is 1.40. The summed E-state index contributed by atoms with van der Waals surface area (Å²) in [6, 6.07) is 7.58. The Labute approximate surface area is 258 Å². The lowest BCUT2D eigenvalue weighted by molar-refractivity contribution is -0.123. The second-order valence-electron chi connectivity index (χ2n) is 12.7. The molecule has 1 N–H and O–H groups in total. The maximum absolute atomic E-state index is 13.8. The van der Waals surface area contributed by atoms with Crippen LogP contribution in [0.1, 0.15) is 96.8 Å². The van der Waals surface area contributed by atoms with Gasteiger partial charge in [-0.15, -0.1) is 11.3 Å². The maximum atomic E-state index is 13.8. The maximum Gasteiger partial charge on any atom is 0.341 e. The van der Waals surface area contributed by atoms with Gasteiger partial charge in [0.25, 0.3) is 5.91 Å². The molecular formula is C34H43N3O5S. The molecule has 1 amide bonds. The Morgan fingerprint density at radius 1 is 1.09 bits per heavy atom. The van der Waals surface area contributed by atoms with Crippen molar-refractivity contribution in [2.45, 2.75) is 86.3 Å². The predicted octanol–water partition coefficient (Wildman–Crippen LogP) is 6.58. The van der Waals surface area contributed by atoms with E-state index in [1.807, 2.05) is 24.3 Å². The van der Waals surface area contributed by atoms with E-state index in [9.17, 15) is 14.4 Å². The third kappa shape index (κ3) is 6.48. The van der Waals surface area contributed by atoms with Crippen LogP contribution < -0.4 is 5.32 Å². The van der Waals surface area contributed by atoms with Crippen molar-refractivity contribution in [1.82, 2.24) is 9.88 Å². The molecule has 0 radical (unpaired) electrons. The monoisotopic (exact) mass is 605 g/mol. The quantitative estimate of drug-likeness (QED) is 0.290. The van der Waals surface area contributed by atoms with E-state index in [1.165, 1.54) is 11.3 Å². The molecule has 3 heterocycles. The van der Waals surface area contributed by atoms with E-state index in [1.54, 1.807) is 13.8 Å². The summed E-state index contributed by atoms with van der Waals surface area (Å²) < 4.78 is 11.2. The number of thiophene rings is 1. The minimum absolute atomic E-state index is 0.141. The average molecular weight is 606 g/mol. The molecule has 1 aromatic carbocycles.